The predicted octanol–water partition coefficient (Wildman–Crippen LogP) is 2.57. The van der Waals surface area contributed by atoms with E-state index in [0.29, 0.717) is 11.5 Å². The molecule has 0 saturated carbocycles. The van der Waals surface area contributed by atoms with Crippen LogP contribution in [-0.2, 0) is 14.8 Å². The van der Waals surface area contributed by atoms with Gasteiger partial charge in [-0.25, -0.2) is 8.42 Å². The summed E-state index contributed by atoms with van der Waals surface area (Å²) in [5.41, 5.74) is 0. The second-order valence-corrected chi connectivity index (χ2v) is 8.46. The molecule has 1 atom stereocenters. The second kappa shape index (κ2) is 6.75. The van der Waals surface area contributed by atoms with E-state index in [1.807, 2.05) is 0 Å². The van der Waals surface area contributed by atoms with Crippen LogP contribution >= 0.6 is 35.0 Å². The van der Waals surface area contributed by atoms with Crippen LogP contribution in [0.1, 0.15) is 6.42 Å². The number of thioether (sulfide) groups is 1. The van der Waals surface area contributed by atoms with Crippen molar-refractivity contribution < 1.29 is 18.3 Å². The number of sulfonamides is 1. The number of hydrogen-bond acceptors (Lipinski definition) is 4. The lowest BCUT2D eigenvalue weighted by Gasteiger charge is -2.33. The van der Waals surface area contributed by atoms with E-state index in [1.54, 1.807) is 11.8 Å². The Labute approximate surface area is 137 Å². The predicted molar refractivity (Wildman–Crippen MR) is 83.7 cm³/mol. The third kappa shape index (κ3) is 4.04. The fourth-order valence-electron chi connectivity index (χ4n) is 2.13. The highest BCUT2D eigenvalue weighted by atomic mass is 35.5. The van der Waals surface area contributed by atoms with Crippen molar-refractivity contribution in [3.63, 3.8) is 0 Å². The van der Waals surface area contributed by atoms with E-state index in [9.17, 15) is 13.2 Å². The minimum absolute atomic E-state index is 0.0118. The molecule has 0 radical (unpaired) electrons. The summed E-state index contributed by atoms with van der Waals surface area (Å²) in [6, 6.07) is 3.53. The SMILES string of the molecule is O=C(O)CC1CSCCN1S(=O)(=O)c1cc(Cl)cc(Cl)c1. The summed E-state index contributed by atoms with van der Waals surface area (Å²) < 4.78 is 26.6. The number of hydrogen-bond donors (Lipinski definition) is 1. The van der Waals surface area contributed by atoms with E-state index in [1.165, 1.54) is 22.5 Å². The van der Waals surface area contributed by atoms with Gasteiger partial charge in [-0.2, -0.15) is 16.1 Å². The number of rotatable bonds is 4. The molecule has 1 saturated heterocycles. The third-order valence-electron chi connectivity index (χ3n) is 3.03. The zero-order valence-corrected chi connectivity index (χ0v) is 14.0. The van der Waals surface area contributed by atoms with Crippen molar-refractivity contribution in [1.29, 1.82) is 0 Å². The first-order chi connectivity index (χ1) is 9.80. The molecular formula is C12H13Cl2NO4S2. The lowest BCUT2D eigenvalue weighted by Crippen LogP contribution is -2.46. The maximum absolute atomic E-state index is 12.7. The molecule has 0 bridgehead atoms. The Morgan fingerprint density at radius 2 is 1.95 bits per heavy atom. The summed E-state index contributed by atoms with van der Waals surface area (Å²) in [5.74, 6) is 0.0653. The summed E-state index contributed by atoms with van der Waals surface area (Å²) in [4.78, 5) is 10.9. The van der Waals surface area contributed by atoms with Gasteiger partial charge in [-0.15, -0.1) is 0 Å². The molecule has 0 aliphatic carbocycles. The van der Waals surface area contributed by atoms with Gasteiger partial charge in [-0.3, -0.25) is 4.79 Å². The van der Waals surface area contributed by atoms with Crippen molar-refractivity contribution in [2.24, 2.45) is 0 Å². The molecule has 1 heterocycles. The first-order valence-electron chi connectivity index (χ1n) is 6.08. The molecule has 116 valence electrons. The normalized spacial score (nSPS) is 20.4. The van der Waals surface area contributed by atoms with Crippen LogP contribution < -0.4 is 0 Å². The van der Waals surface area contributed by atoms with Crippen molar-refractivity contribution in [3.05, 3.63) is 28.2 Å². The summed E-state index contributed by atoms with van der Waals surface area (Å²) in [6.45, 7) is 0.273. The highest BCUT2D eigenvalue weighted by molar-refractivity contribution is 7.99. The lowest BCUT2D eigenvalue weighted by atomic mass is 10.2. The molecule has 1 aromatic rings. The number of benzene rings is 1. The number of carboxylic acid groups (broad SMARTS) is 1. The Hall–Kier alpha value is -0.470. The molecule has 0 aromatic heterocycles. The maximum atomic E-state index is 12.7. The van der Waals surface area contributed by atoms with E-state index in [-0.39, 0.29) is 27.9 Å². The highest BCUT2D eigenvalue weighted by Gasteiger charge is 2.35. The molecular weight excluding hydrogens is 357 g/mol. The van der Waals surface area contributed by atoms with Crippen LogP contribution in [0.5, 0.6) is 0 Å². The topological polar surface area (TPSA) is 74.7 Å². The van der Waals surface area contributed by atoms with Crippen LogP contribution in [0.2, 0.25) is 10.0 Å². The van der Waals surface area contributed by atoms with Crippen LogP contribution in [0.4, 0.5) is 0 Å². The Balaban J connectivity index is 2.37. The van der Waals surface area contributed by atoms with Gasteiger partial charge < -0.3 is 5.11 Å². The monoisotopic (exact) mass is 369 g/mol. The number of carbonyl (C=O) groups is 1. The smallest absolute Gasteiger partial charge is 0.305 e. The molecule has 21 heavy (non-hydrogen) atoms. The Morgan fingerprint density at radius 3 is 2.52 bits per heavy atom. The van der Waals surface area contributed by atoms with Crippen molar-refractivity contribution >= 4 is 51.0 Å². The fraction of sp³-hybridized carbons (Fsp3) is 0.417. The van der Waals surface area contributed by atoms with Crippen LogP contribution in [0.3, 0.4) is 0 Å². The average molecular weight is 370 g/mol. The molecule has 1 N–H and O–H groups in total. The van der Waals surface area contributed by atoms with Gasteiger partial charge in [0.25, 0.3) is 0 Å². The molecule has 9 heteroatoms. The number of nitrogens with zero attached hydrogens (tertiary/aromatic N) is 1. The van der Waals surface area contributed by atoms with Crippen molar-refractivity contribution in [2.75, 3.05) is 18.1 Å². The molecule has 0 amide bonds. The highest BCUT2D eigenvalue weighted by Crippen LogP contribution is 2.29. The summed E-state index contributed by atoms with van der Waals surface area (Å²) in [5, 5.41) is 9.38. The van der Waals surface area contributed by atoms with Gasteiger partial charge in [0, 0.05) is 34.1 Å². The van der Waals surface area contributed by atoms with E-state index < -0.39 is 22.0 Å². The maximum Gasteiger partial charge on any atom is 0.305 e. The van der Waals surface area contributed by atoms with Crippen LogP contribution in [0.15, 0.2) is 23.1 Å². The van der Waals surface area contributed by atoms with Gasteiger partial charge >= 0.3 is 5.97 Å². The van der Waals surface area contributed by atoms with Crippen molar-refractivity contribution in [2.45, 2.75) is 17.4 Å². The zero-order chi connectivity index (χ0) is 15.6. The van der Waals surface area contributed by atoms with Crippen molar-refractivity contribution in [3.8, 4) is 0 Å². The number of aliphatic carboxylic acids is 1. The van der Waals surface area contributed by atoms with Gasteiger partial charge in [-0.1, -0.05) is 23.2 Å². The van der Waals surface area contributed by atoms with E-state index in [2.05, 4.69) is 0 Å². The first kappa shape index (κ1) is 16.9. The minimum Gasteiger partial charge on any atom is -0.481 e. The average Bonchev–Trinajstić information content (AvgIpc) is 2.37. The molecule has 1 fully saturated rings. The quantitative estimate of drug-likeness (QED) is 0.882. The summed E-state index contributed by atoms with van der Waals surface area (Å²) >= 11 is 13.2. The summed E-state index contributed by atoms with van der Waals surface area (Å²) in [6.07, 6.45) is -0.222. The third-order valence-corrected chi connectivity index (χ3v) is 6.48. The molecule has 1 aliphatic heterocycles. The van der Waals surface area contributed by atoms with E-state index in [4.69, 9.17) is 28.3 Å². The lowest BCUT2D eigenvalue weighted by molar-refractivity contribution is -0.137. The Kier molecular flexibility index (Phi) is 5.43. The second-order valence-electron chi connectivity index (χ2n) is 4.55. The number of halogens is 2. The van der Waals surface area contributed by atoms with Crippen LogP contribution in [0.25, 0.3) is 0 Å². The Bertz CT molecular complexity index is 630. The van der Waals surface area contributed by atoms with Crippen molar-refractivity contribution in [1.82, 2.24) is 4.31 Å². The van der Waals surface area contributed by atoms with E-state index in [0.717, 1.165) is 0 Å². The first-order valence-corrected chi connectivity index (χ1v) is 9.43. The fourth-order valence-corrected chi connectivity index (χ4v) is 5.75. The van der Waals surface area contributed by atoms with Gasteiger partial charge in [-0.05, 0) is 18.2 Å². The van der Waals surface area contributed by atoms with Gasteiger partial charge in [0.2, 0.25) is 10.0 Å². The largest absolute Gasteiger partial charge is 0.481 e. The molecule has 5 nitrogen and oxygen atoms in total. The Morgan fingerprint density at radius 1 is 1.33 bits per heavy atom. The van der Waals surface area contributed by atoms with E-state index >= 15 is 0 Å². The van der Waals surface area contributed by atoms with Gasteiger partial charge in [0.05, 0.1) is 11.3 Å². The molecule has 2 rings (SSSR count). The molecule has 1 unspecified atom stereocenters. The van der Waals surface area contributed by atoms with Gasteiger partial charge in [0.1, 0.15) is 0 Å². The minimum atomic E-state index is -3.81. The molecule has 1 aliphatic rings. The van der Waals surface area contributed by atoms with Gasteiger partial charge in [0.15, 0.2) is 0 Å². The summed E-state index contributed by atoms with van der Waals surface area (Å²) in [7, 11) is -3.81. The molecule has 1 aromatic carbocycles. The zero-order valence-electron chi connectivity index (χ0n) is 10.8. The number of carboxylic acids is 1. The van der Waals surface area contributed by atoms with Crippen LogP contribution in [-0.4, -0.2) is 47.9 Å². The molecule has 0 spiro atoms. The van der Waals surface area contributed by atoms with Crippen LogP contribution in [0, 0.1) is 0 Å². The standard InChI is InChI=1S/C12H13Cl2NO4S2/c13-8-3-9(14)5-11(4-8)21(18,19)15-1-2-20-7-10(15)6-12(16)17/h3-5,10H,1-2,6-7H2,(H,16,17).